The average molecular weight is 348 g/mol. The fourth-order valence-corrected chi connectivity index (χ4v) is 2.77. The number of amides is 2. The Labute approximate surface area is 143 Å². The number of nitrogens with one attached hydrogen (secondary N) is 1. The second-order valence-electron chi connectivity index (χ2n) is 5.54. The number of hydrogen-bond donors (Lipinski definition) is 1. The van der Waals surface area contributed by atoms with Crippen molar-refractivity contribution in [2.75, 3.05) is 11.4 Å². The monoisotopic (exact) mass is 347 g/mol. The molecule has 3 rings (SSSR count). The molecule has 5 nitrogen and oxygen atoms in total. The summed E-state index contributed by atoms with van der Waals surface area (Å²) in [5.41, 5.74) is 1.21. The standard InChI is InChI=1S/C17H15ClFN3O2/c18-13-4-3-12(9-14(13)19)22-7-5-15(17(22)24)21-16(23)8-11-2-1-6-20-10-11/h1-4,6,9-10,15H,5,7-8H2,(H,21,23). The van der Waals surface area contributed by atoms with Crippen LogP contribution in [0.5, 0.6) is 0 Å². The van der Waals surface area contributed by atoms with Crippen LogP contribution < -0.4 is 10.2 Å². The minimum atomic E-state index is -0.604. The number of pyridine rings is 1. The maximum absolute atomic E-state index is 13.6. The number of nitrogens with zero attached hydrogens (tertiary/aromatic N) is 2. The summed E-state index contributed by atoms with van der Waals surface area (Å²) in [6.45, 7) is 0.414. The van der Waals surface area contributed by atoms with Crippen LogP contribution in [0.1, 0.15) is 12.0 Å². The molecule has 2 amide bonds. The molecule has 1 aliphatic heterocycles. The van der Waals surface area contributed by atoms with Gasteiger partial charge in [-0.1, -0.05) is 17.7 Å². The first kappa shape index (κ1) is 16.4. The van der Waals surface area contributed by atoms with Gasteiger partial charge < -0.3 is 10.2 Å². The summed E-state index contributed by atoms with van der Waals surface area (Å²) < 4.78 is 13.6. The molecule has 1 aromatic carbocycles. The molecule has 1 atom stereocenters. The van der Waals surface area contributed by atoms with Crippen LogP contribution >= 0.6 is 11.6 Å². The number of anilines is 1. The molecule has 1 fully saturated rings. The van der Waals surface area contributed by atoms with Gasteiger partial charge in [0.2, 0.25) is 11.8 Å². The molecular weight excluding hydrogens is 333 g/mol. The van der Waals surface area contributed by atoms with E-state index in [1.165, 1.54) is 17.0 Å². The highest BCUT2D eigenvalue weighted by molar-refractivity contribution is 6.30. The highest BCUT2D eigenvalue weighted by atomic mass is 35.5. The molecule has 1 aliphatic rings. The Morgan fingerprint density at radius 2 is 2.25 bits per heavy atom. The van der Waals surface area contributed by atoms with Gasteiger partial charge in [0.25, 0.3) is 0 Å². The van der Waals surface area contributed by atoms with E-state index >= 15 is 0 Å². The van der Waals surface area contributed by atoms with E-state index in [0.717, 1.165) is 5.56 Å². The van der Waals surface area contributed by atoms with Gasteiger partial charge in [-0.15, -0.1) is 0 Å². The third-order valence-corrected chi connectivity index (χ3v) is 4.15. The van der Waals surface area contributed by atoms with Gasteiger partial charge in [-0.3, -0.25) is 14.6 Å². The van der Waals surface area contributed by atoms with Gasteiger partial charge >= 0.3 is 0 Å². The van der Waals surface area contributed by atoms with E-state index in [0.29, 0.717) is 18.7 Å². The van der Waals surface area contributed by atoms with Crippen molar-refractivity contribution in [2.45, 2.75) is 18.9 Å². The van der Waals surface area contributed by atoms with Crippen LogP contribution in [-0.4, -0.2) is 29.4 Å². The summed E-state index contributed by atoms with van der Waals surface area (Å²) >= 11 is 5.66. The first-order chi connectivity index (χ1) is 11.5. The summed E-state index contributed by atoms with van der Waals surface area (Å²) in [4.78, 5) is 29.9. The molecule has 1 N–H and O–H groups in total. The smallest absolute Gasteiger partial charge is 0.249 e. The molecule has 124 valence electrons. The lowest BCUT2D eigenvalue weighted by molar-refractivity contribution is -0.126. The Hall–Kier alpha value is -2.47. The molecule has 0 aliphatic carbocycles. The number of aromatic nitrogens is 1. The topological polar surface area (TPSA) is 62.3 Å². The molecule has 1 saturated heterocycles. The summed E-state index contributed by atoms with van der Waals surface area (Å²) in [6.07, 6.45) is 3.87. The lowest BCUT2D eigenvalue weighted by atomic mass is 10.2. The molecule has 1 unspecified atom stereocenters. The summed E-state index contributed by atoms with van der Waals surface area (Å²) in [6, 6.07) is 7.16. The predicted octanol–water partition coefficient (Wildman–Crippen LogP) is 2.34. The van der Waals surface area contributed by atoms with Gasteiger partial charge in [-0.05, 0) is 36.2 Å². The van der Waals surface area contributed by atoms with E-state index in [2.05, 4.69) is 10.3 Å². The number of benzene rings is 1. The Kier molecular flexibility index (Phi) is 4.76. The van der Waals surface area contributed by atoms with Crippen molar-refractivity contribution in [1.82, 2.24) is 10.3 Å². The van der Waals surface area contributed by atoms with Crippen molar-refractivity contribution in [3.63, 3.8) is 0 Å². The van der Waals surface area contributed by atoms with Gasteiger partial charge in [0, 0.05) is 24.6 Å². The van der Waals surface area contributed by atoms with Gasteiger partial charge in [0.15, 0.2) is 0 Å². The van der Waals surface area contributed by atoms with E-state index in [1.807, 2.05) is 0 Å². The molecule has 0 radical (unpaired) electrons. The quantitative estimate of drug-likeness (QED) is 0.923. The summed E-state index contributed by atoms with van der Waals surface area (Å²) in [5, 5.41) is 2.73. The Morgan fingerprint density at radius 1 is 1.42 bits per heavy atom. The largest absolute Gasteiger partial charge is 0.344 e. The maximum Gasteiger partial charge on any atom is 0.249 e. The van der Waals surface area contributed by atoms with Gasteiger partial charge in [-0.25, -0.2) is 4.39 Å². The number of carbonyl (C=O) groups excluding carboxylic acids is 2. The van der Waals surface area contributed by atoms with Gasteiger partial charge in [0.1, 0.15) is 11.9 Å². The molecule has 7 heteroatoms. The third-order valence-electron chi connectivity index (χ3n) is 3.84. The summed E-state index contributed by atoms with van der Waals surface area (Å²) in [7, 11) is 0. The Balaban J connectivity index is 1.63. The second-order valence-corrected chi connectivity index (χ2v) is 5.94. The lowest BCUT2D eigenvalue weighted by Gasteiger charge is -2.17. The van der Waals surface area contributed by atoms with Crippen molar-refractivity contribution < 1.29 is 14.0 Å². The molecule has 0 saturated carbocycles. The lowest BCUT2D eigenvalue weighted by Crippen LogP contribution is -2.42. The van der Waals surface area contributed by atoms with E-state index in [-0.39, 0.29) is 23.3 Å². The van der Waals surface area contributed by atoms with Crippen molar-refractivity contribution in [3.8, 4) is 0 Å². The average Bonchev–Trinajstić information content (AvgIpc) is 2.92. The maximum atomic E-state index is 13.6. The fraction of sp³-hybridized carbons (Fsp3) is 0.235. The first-order valence-corrected chi connectivity index (χ1v) is 7.87. The van der Waals surface area contributed by atoms with Gasteiger partial charge in [0.05, 0.1) is 11.4 Å². The summed E-state index contributed by atoms with van der Waals surface area (Å²) in [5.74, 6) is -1.08. The molecule has 24 heavy (non-hydrogen) atoms. The van der Waals surface area contributed by atoms with Crippen LogP contribution in [0.15, 0.2) is 42.7 Å². The molecular formula is C17H15ClFN3O2. The van der Waals surface area contributed by atoms with Gasteiger partial charge in [-0.2, -0.15) is 0 Å². The minimum absolute atomic E-state index is 0.00622. The van der Waals surface area contributed by atoms with Crippen LogP contribution in [0.2, 0.25) is 5.02 Å². The van der Waals surface area contributed by atoms with E-state index in [9.17, 15) is 14.0 Å². The van der Waals surface area contributed by atoms with E-state index < -0.39 is 11.9 Å². The number of rotatable bonds is 4. The van der Waals surface area contributed by atoms with Crippen LogP contribution in [0.3, 0.4) is 0 Å². The molecule has 1 aromatic heterocycles. The number of halogens is 2. The molecule has 2 heterocycles. The fourth-order valence-electron chi connectivity index (χ4n) is 2.66. The molecule has 0 bridgehead atoms. The zero-order valence-electron chi connectivity index (χ0n) is 12.7. The Bertz CT molecular complexity index is 770. The molecule has 0 spiro atoms. The number of hydrogen-bond acceptors (Lipinski definition) is 3. The second kappa shape index (κ2) is 6.97. The van der Waals surface area contributed by atoms with E-state index in [4.69, 9.17) is 11.6 Å². The van der Waals surface area contributed by atoms with Crippen LogP contribution in [0.25, 0.3) is 0 Å². The highest BCUT2D eigenvalue weighted by Gasteiger charge is 2.33. The van der Waals surface area contributed by atoms with E-state index in [1.54, 1.807) is 30.6 Å². The highest BCUT2D eigenvalue weighted by Crippen LogP contribution is 2.25. The molecule has 2 aromatic rings. The van der Waals surface area contributed by atoms with Crippen LogP contribution in [-0.2, 0) is 16.0 Å². The third kappa shape index (κ3) is 3.54. The number of carbonyl (C=O) groups is 2. The SMILES string of the molecule is O=C(Cc1cccnc1)NC1CCN(c2ccc(Cl)c(F)c2)C1=O. The van der Waals surface area contributed by atoms with Crippen molar-refractivity contribution in [2.24, 2.45) is 0 Å². The van der Waals surface area contributed by atoms with Crippen molar-refractivity contribution >= 4 is 29.1 Å². The zero-order valence-corrected chi connectivity index (χ0v) is 13.5. The normalized spacial score (nSPS) is 17.2. The van der Waals surface area contributed by atoms with Crippen molar-refractivity contribution in [3.05, 3.63) is 59.1 Å². The van der Waals surface area contributed by atoms with Crippen molar-refractivity contribution in [1.29, 1.82) is 0 Å². The minimum Gasteiger partial charge on any atom is -0.344 e. The Morgan fingerprint density at radius 3 is 2.96 bits per heavy atom. The zero-order chi connectivity index (χ0) is 17.1. The van der Waals surface area contributed by atoms with Crippen LogP contribution in [0, 0.1) is 5.82 Å². The van der Waals surface area contributed by atoms with Crippen LogP contribution in [0.4, 0.5) is 10.1 Å². The first-order valence-electron chi connectivity index (χ1n) is 7.49. The predicted molar refractivity (Wildman–Crippen MR) is 88.3 cm³/mol.